The fourth-order valence-corrected chi connectivity index (χ4v) is 3.17. The van der Waals surface area contributed by atoms with Crippen LogP contribution in [0.1, 0.15) is 91.4 Å². The number of hydrogen-bond acceptors (Lipinski definition) is 4. The first kappa shape index (κ1) is 25.9. The molecule has 0 radical (unpaired) electrons. The molecule has 0 aliphatic heterocycles. The Morgan fingerprint density at radius 1 is 0.808 bits per heavy atom. The minimum Gasteiger partial charge on any atom is -0.466 e. The molecule has 3 unspecified atom stereocenters. The topological polar surface area (TPSA) is 52.6 Å². The maximum atomic E-state index is 11.7. The van der Waals surface area contributed by atoms with E-state index in [0.29, 0.717) is 19.4 Å². The minimum absolute atomic E-state index is 0.0608. The standard InChI is InChI=1S/C20H36Br2O4/c1-4-18(26-20(24)15-17(3)22)12-10-8-6-5-7-9-11-13-25-19(23)14-16(2)21/h16-18H,4-15H2,1-3H3. The van der Waals surface area contributed by atoms with Crippen molar-refractivity contribution >= 4 is 43.8 Å². The predicted octanol–water partition coefficient (Wildman–Crippen LogP) is 6.32. The van der Waals surface area contributed by atoms with E-state index in [9.17, 15) is 9.59 Å². The van der Waals surface area contributed by atoms with Crippen molar-refractivity contribution in [2.45, 2.75) is 107 Å². The van der Waals surface area contributed by atoms with Crippen molar-refractivity contribution in [3.63, 3.8) is 0 Å². The van der Waals surface area contributed by atoms with Crippen molar-refractivity contribution in [1.82, 2.24) is 0 Å². The average molecular weight is 500 g/mol. The number of unbranched alkanes of at least 4 members (excludes halogenated alkanes) is 6. The van der Waals surface area contributed by atoms with E-state index < -0.39 is 0 Å². The Hall–Kier alpha value is -0.100. The van der Waals surface area contributed by atoms with Gasteiger partial charge in [0.1, 0.15) is 6.10 Å². The number of rotatable bonds is 16. The van der Waals surface area contributed by atoms with Crippen LogP contribution in [-0.4, -0.2) is 34.3 Å². The summed E-state index contributed by atoms with van der Waals surface area (Å²) in [5, 5.41) is 0. The summed E-state index contributed by atoms with van der Waals surface area (Å²) in [6.45, 7) is 6.50. The molecule has 0 fully saturated rings. The summed E-state index contributed by atoms with van der Waals surface area (Å²) in [7, 11) is 0. The summed E-state index contributed by atoms with van der Waals surface area (Å²) < 4.78 is 10.7. The van der Waals surface area contributed by atoms with Crippen molar-refractivity contribution in [1.29, 1.82) is 0 Å². The molecule has 3 atom stereocenters. The van der Waals surface area contributed by atoms with E-state index in [4.69, 9.17) is 9.47 Å². The number of alkyl halides is 2. The van der Waals surface area contributed by atoms with Crippen LogP contribution >= 0.6 is 31.9 Å². The van der Waals surface area contributed by atoms with Crippen LogP contribution < -0.4 is 0 Å². The second-order valence-electron chi connectivity index (χ2n) is 6.97. The van der Waals surface area contributed by atoms with Gasteiger partial charge in [-0.3, -0.25) is 9.59 Å². The van der Waals surface area contributed by atoms with Gasteiger partial charge in [-0.2, -0.15) is 0 Å². The third-order valence-corrected chi connectivity index (χ3v) is 4.73. The van der Waals surface area contributed by atoms with Gasteiger partial charge in [0.25, 0.3) is 0 Å². The van der Waals surface area contributed by atoms with Crippen LogP contribution in [0.3, 0.4) is 0 Å². The first-order valence-corrected chi connectivity index (χ1v) is 11.8. The third-order valence-electron chi connectivity index (χ3n) is 4.08. The molecule has 0 aromatic heterocycles. The fraction of sp³-hybridized carbons (Fsp3) is 0.900. The quantitative estimate of drug-likeness (QED) is 0.141. The average Bonchev–Trinajstić information content (AvgIpc) is 2.53. The van der Waals surface area contributed by atoms with E-state index >= 15 is 0 Å². The zero-order valence-corrected chi connectivity index (χ0v) is 19.8. The maximum absolute atomic E-state index is 11.7. The number of carbonyl (C=O) groups is 2. The van der Waals surface area contributed by atoms with E-state index in [1.165, 1.54) is 25.7 Å². The van der Waals surface area contributed by atoms with E-state index in [2.05, 4.69) is 38.8 Å². The first-order valence-electron chi connectivity index (χ1n) is 9.98. The molecule has 4 nitrogen and oxygen atoms in total. The van der Waals surface area contributed by atoms with Crippen molar-refractivity contribution in [3.8, 4) is 0 Å². The first-order chi connectivity index (χ1) is 12.3. The van der Waals surface area contributed by atoms with Gasteiger partial charge < -0.3 is 9.47 Å². The highest BCUT2D eigenvalue weighted by Gasteiger charge is 2.14. The van der Waals surface area contributed by atoms with Gasteiger partial charge in [0.05, 0.1) is 19.4 Å². The lowest BCUT2D eigenvalue weighted by Crippen LogP contribution is -2.19. The van der Waals surface area contributed by atoms with Crippen LogP contribution in [0.25, 0.3) is 0 Å². The van der Waals surface area contributed by atoms with Crippen LogP contribution in [0.15, 0.2) is 0 Å². The van der Waals surface area contributed by atoms with Crippen molar-refractivity contribution < 1.29 is 19.1 Å². The van der Waals surface area contributed by atoms with Gasteiger partial charge in [0, 0.05) is 9.65 Å². The number of ether oxygens (including phenoxy) is 2. The lowest BCUT2D eigenvalue weighted by molar-refractivity contribution is -0.149. The van der Waals surface area contributed by atoms with Crippen molar-refractivity contribution in [3.05, 3.63) is 0 Å². The molecule has 0 heterocycles. The summed E-state index contributed by atoms with van der Waals surface area (Å²) >= 11 is 6.73. The molecule has 0 aliphatic carbocycles. The van der Waals surface area contributed by atoms with Gasteiger partial charge in [-0.05, 0) is 25.7 Å². The summed E-state index contributed by atoms with van der Waals surface area (Å²) in [6.07, 6.45) is 10.7. The Bertz CT molecular complexity index is 373. The van der Waals surface area contributed by atoms with Gasteiger partial charge in [-0.15, -0.1) is 0 Å². The molecule has 0 rings (SSSR count). The lowest BCUT2D eigenvalue weighted by atomic mass is 10.1. The Kier molecular flexibility index (Phi) is 17.0. The van der Waals surface area contributed by atoms with E-state index in [0.717, 1.165) is 32.1 Å². The molecule has 0 saturated carbocycles. The second-order valence-corrected chi connectivity index (χ2v) is 10.1. The van der Waals surface area contributed by atoms with E-state index in [1.807, 2.05) is 13.8 Å². The smallest absolute Gasteiger partial charge is 0.307 e. The third kappa shape index (κ3) is 17.3. The SMILES string of the molecule is CCC(CCCCCCCCCOC(=O)CC(C)Br)OC(=O)CC(C)Br. The largest absolute Gasteiger partial charge is 0.466 e. The maximum Gasteiger partial charge on any atom is 0.307 e. The number of halogens is 2. The second kappa shape index (κ2) is 17.0. The van der Waals surface area contributed by atoms with Crippen molar-refractivity contribution in [2.24, 2.45) is 0 Å². The number of hydrogen-bond donors (Lipinski definition) is 0. The van der Waals surface area contributed by atoms with Crippen LogP contribution in [-0.2, 0) is 19.1 Å². The molecule has 0 aliphatic rings. The molecule has 0 aromatic rings. The van der Waals surface area contributed by atoms with Crippen LogP contribution in [0.2, 0.25) is 0 Å². The molecular formula is C20H36Br2O4. The monoisotopic (exact) mass is 498 g/mol. The number of esters is 2. The molecule has 0 amide bonds. The van der Waals surface area contributed by atoms with Crippen molar-refractivity contribution in [2.75, 3.05) is 6.61 Å². The van der Waals surface area contributed by atoms with Crippen LogP contribution in [0, 0.1) is 0 Å². The molecule has 0 saturated heterocycles. The van der Waals surface area contributed by atoms with Gasteiger partial charge in [0.15, 0.2) is 0 Å². The summed E-state index contributed by atoms with van der Waals surface area (Å²) in [6, 6.07) is 0. The Morgan fingerprint density at radius 2 is 1.31 bits per heavy atom. The minimum atomic E-state index is -0.119. The molecule has 26 heavy (non-hydrogen) atoms. The van der Waals surface area contributed by atoms with Gasteiger partial charge in [-0.1, -0.05) is 84.7 Å². The van der Waals surface area contributed by atoms with Gasteiger partial charge >= 0.3 is 11.9 Å². The molecule has 0 bridgehead atoms. The summed E-state index contributed by atoms with van der Waals surface area (Å²) in [5.41, 5.74) is 0. The Balaban J connectivity index is 3.49. The summed E-state index contributed by atoms with van der Waals surface area (Å²) in [4.78, 5) is 23.4. The molecular weight excluding hydrogens is 464 g/mol. The molecule has 0 aromatic carbocycles. The molecule has 0 spiro atoms. The zero-order valence-electron chi connectivity index (χ0n) is 16.6. The van der Waals surface area contributed by atoms with Crippen LogP contribution in [0.5, 0.6) is 0 Å². The van der Waals surface area contributed by atoms with Gasteiger partial charge in [0.2, 0.25) is 0 Å². The van der Waals surface area contributed by atoms with E-state index in [-0.39, 0.29) is 27.7 Å². The summed E-state index contributed by atoms with van der Waals surface area (Å²) in [5.74, 6) is -0.223. The highest BCUT2D eigenvalue weighted by atomic mass is 79.9. The Morgan fingerprint density at radius 3 is 1.85 bits per heavy atom. The predicted molar refractivity (Wildman–Crippen MR) is 114 cm³/mol. The molecule has 6 heteroatoms. The van der Waals surface area contributed by atoms with E-state index in [1.54, 1.807) is 0 Å². The molecule has 0 N–H and O–H groups in total. The lowest BCUT2D eigenvalue weighted by Gasteiger charge is -2.16. The molecule has 154 valence electrons. The fourth-order valence-electron chi connectivity index (χ4n) is 2.64. The highest BCUT2D eigenvalue weighted by Crippen LogP contribution is 2.15. The Labute approximate surface area is 176 Å². The zero-order chi connectivity index (χ0) is 19.8. The normalized spacial score (nSPS) is 14.5. The number of carbonyl (C=O) groups excluding carboxylic acids is 2. The van der Waals surface area contributed by atoms with Crippen LogP contribution in [0.4, 0.5) is 0 Å². The van der Waals surface area contributed by atoms with Gasteiger partial charge in [-0.25, -0.2) is 0 Å². The highest BCUT2D eigenvalue weighted by molar-refractivity contribution is 9.09.